The number of morpholine rings is 1. The molecule has 0 aliphatic carbocycles. The van der Waals surface area contributed by atoms with Crippen molar-refractivity contribution in [2.24, 2.45) is 0 Å². The summed E-state index contributed by atoms with van der Waals surface area (Å²) < 4.78 is 7.63. The molecule has 8 heteroatoms. The van der Waals surface area contributed by atoms with Gasteiger partial charge in [0.2, 0.25) is 5.95 Å². The third-order valence-corrected chi connectivity index (χ3v) is 5.77. The molecule has 1 N–H and O–H groups in total. The van der Waals surface area contributed by atoms with Crippen LogP contribution in [-0.2, 0) is 11.3 Å². The van der Waals surface area contributed by atoms with Crippen LogP contribution in [0.1, 0.15) is 5.56 Å². The minimum Gasteiger partial charge on any atom is -0.378 e. The number of fused-ring (bicyclic) bond motifs is 2. The smallest absolute Gasteiger partial charge is 0.229 e. The number of rotatable bonds is 7. The molecule has 0 atom stereocenters. The summed E-state index contributed by atoms with van der Waals surface area (Å²) in [7, 11) is 4.14. The number of hydrogen-bond acceptors (Lipinski definition) is 7. The molecule has 166 valence electrons. The molecule has 0 saturated carbocycles. The largest absolute Gasteiger partial charge is 0.378 e. The number of benzene rings is 2. The molecule has 0 bridgehead atoms. The zero-order chi connectivity index (χ0) is 21.9. The number of ether oxygens (including phenoxy) is 1. The highest BCUT2D eigenvalue weighted by molar-refractivity contribution is 5.85. The predicted molar refractivity (Wildman–Crippen MR) is 128 cm³/mol. The van der Waals surface area contributed by atoms with Crippen LogP contribution < -0.4 is 10.2 Å². The first-order valence-corrected chi connectivity index (χ1v) is 11.1. The standard InChI is InChI=1S/C24H29N7O/c1-29(2)10-9-25-22-21-23(28-24(27-22)30-11-13-32-14-12-30)26-17-31(21)16-18-7-8-19-5-3-4-6-20(19)15-18/h3-8,15,17H,9-14,16H2,1-2H3,(H,25,27,28). The van der Waals surface area contributed by atoms with Gasteiger partial charge in [-0.05, 0) is 36.5 Å². The normalized spacial score (nSPS) is 14.5. The van der Waals surface area contributed by atoms with Crippen molar-refractivity contribution >= 4 is 33.7 Å². The Balaban J connectivity index is 1.50. The summed E-state index contributed by atoms with van der Waals surface area (Å²) in [5, 5.41) is 6.02. The molecule has 0 amide bonds. The third-order valence-electron chi connectivity index (χ3n) is 5.77. The summed E-state index contributed by atoms with van der Waals surface area (Å²) >= 11 is 0. The van der Waals surface area contributed by atoms with Crippen LogP contribution in [0.15, 0.2) is 48.8 Å². The summed E-state index contributed by atoms with van der Waals surface area (Å²) in [4.78, 5) is 18.7. The lowest BCUT2D eigenvalue weighted by atomic mass is 10.1. The van der Waals surface area contributed by atoms with Crippen molar-refractivity contribution in [2.45, 2.75) is 6.54 Å². The fourth-order valence-electron chi connectivity index (χ4n) is 4.05. The SMILES string of the molecule is CN(C)CCNc1nc(N2CCOCC2)nc2ncn(Cc3ccc4ccccc4c3)c12. The molecule has 0 spiro atoms. The average molecular weight is 432 g/mol. The molecule has 32 heavy (non-hydrogen) atoms. The molecule has 0 radical (unpaired) electrons. The van der Waals surface area contributed by atoms with Crippen LogP contribution in [0, 0.1) is 0 Å². The van der Waals surface area contributed by atoms with Gasteiger partial charge in [-0.1, -0.05) is 36.4 Å². The molecule has 2 aromatic carbocycles. The van der Waals surface area contributed by atoms with Crippen molar-refractivity contribution in [3.05, 3.63) is 54.4 Å². The van der Waals surface area contributed by atoms with Gasteiger partial charge in [-0.25, -0.2) is 4.98 Å². The van der Waals surface area contributed by atoms with Crippen LogP contribution in [0.25, 0.3) is 21.9 Å². The van der Waals surface area contributed by atoms with E-state index < -0.39 is 0 Å². The Bertz CT molecular complexity index is 1210. The van der Waals surface area contributed by atoms with Gasteiger partial charge in [-0.3, -0.25) is 0 Å². The average Bonchev–Trinajstić information content (AvgIpc) is 3.22. The van der Waals surface area contributed by atoms with Crippen molar-refractivity contribution in [2.75, 3.05) is 63.7 Å². The monoisotopic (exact) mass is 431 g/mol. The quantitative estimate of drug-likeness (QED) is 0.482. The molecule has 1 fully saturated rings. The summed E-state index contributed by atoms with van der Waals surface area (Å²) in [5.74, 6) is 1.54. The Morgan fingerprint density at radius 3 is 2.66 bits per heavy atom. The summed E-state index contributed by atoms with van der Waals surface area (Å²) in [6.07, 6.45) is 1.87. The molecule has 4 aromatic rings. The molecule has 3 heterocycles. The molecular formula is C24H29N7O. The molecule has 1 aliphatic heterocycles. The second kappa shape index (κ2) is 9.10. The van der Waals surface area contributed by atoms with Crippen LogP contribution in [0.3, 0.4) is 0 Å². The molecule has 0 unspecified atom stereocenters. The minimum atomic E-state index is 0.696. The van der Waals surface area contributed by atoms with Gasteiger partial charge in [-0.15, -0.1) is 0 Å². The van der Waals surface area contributed by atoms with E-state index in [1.807, 2.05) is 6.33 Å². The van der Waals surface area contributed by atoms with Gasteiger partial charge in [0.05, 0.1) is 19.5 Å². The van der Waals surface area contributed by atoms with Crippen molar-refractivity contribution < 1.29 is 4.74 Å². The van der Waals surface area contributed by atoms with Crippen LogP contribution in [0.4, 0.5) is 11.8 Å². The molecule has 5 rings (SSSR count). The van der Waals surface area contributed by atoms with Gasteiger partial charge in [0.1, 0.15) is 5.52 Å². The maximum atomic E-state index is 5.49. The zero-order valence-corrected chi connectivity index (χ0v) is 18.7. The fourth-order valence-corrected chi connectivity index (χ4v) is 4.05. The number of nitrogens with one attached hydrogen (secondary N) is 1. The highest BCUT2D eigenvalue weighted by Crippen LogP contribution is 2.25. The Morgan fingerprint density at radius 2 is 1.84 bits per heavy atom. The van der Waals surface area contributed by atoms with E-state index in [1.165, 1.54) is 16.3 Å². The first-order chi connectivity index (χ1) is 15.7. The number of anilines is 2. The maximum Gasteiger partial charge on any atom is 0.229 e. The van der Waals surface area contributed by atoms with Crippen molar-refractivity contribution in [1.29, 1.82) is 0 Å². The van der Waals surface area contributed by atoms with Crippen molar-refractivity contribution in [3.63, 3.8) is 0 Å². The first-order valence-electron chi connectivity index (χ1n) is 11.1. The molecular weight excluding hydrogens is 402 g/mol. The third kappa shape index (κ3) is 4.37. The number of hydrogen-bond donors (Lipinski definition) is 1. The van der Waals surface area contributed by atoms with Gasteiger partial charge in [-0.2, -0.15) is 9.97 Å². The second-order valence-electron chi connectivity index (χ2n) is 8.43. The van der Waals surface area contributed by atoms with E-state index in [9.17, 15) is 0 Å². The lowest BCUT2D eigenvalue weighted by Crippen LogP contribution is -2.37. The van der Waals surface area contributed by atoms with E-state index in [0.29, 0.717) is 25.7 Å². The van der Waals surface area contributed by atoms with E-state index in [2.05, 4.69) is 81.2 Å². The van der Waals surface area contributed by atoms with Crippen LogP contribution in [0.2, 0.25) is 0 Å². The first kappa shape index (κ1) is 20.7. The minimum absolute atomic E-state index is 0.696. The van der Waals surface area contributed by atoms with Gasteiger partial charge in [0, 0.05) is 32.7 Å². The van der Waals surface area contributed by atoms with E-state index in [0.717, 1.165) is 43.2 Å². The van der Waals surface area contributed by atoms with Crippen molar-refractivity contribution in [3.8, 4) is 0 Å². The number of likely N-dealkylation sites (N-methyl/N-ethyl adjacent to an activating group) is 1. The fraction of sp³-hybridized carbons (Fsp3) is 0.375. The number of imidazole rings is 1. The lowest BCUT2D eigenvalue weighted by Gasteiger charge is -2.27. The number of aromatic nitrogens is 4. The molecule has 2 aromatic heterocycles. The predicted octanol–water partition coefficient (Wildman–Crippen LogP) is 2.84. The Hall–Kier alpha value is -3.23. The van der Waals surface area contributed by atoms with Crippen LogP contribution in [0.5, 0.6) is 0 Å². The van der Waals surface area contributed by atoms with Crippen molar-refractivity contribution in [1.82, 2.24) is 24.4 Å². The summed E-state index contributed by atoms with van der Waals surface area (Å²) in [5.41, 5.74) is 2.88. The van der Waals surface area contributed by atoms with E-state index in [4.69, 9.17) is 14.7 Å². The second-order valence-corrected chi connectivity index (χ2v) is 8.43. The van der Waals surface area contributed by atoms with Crippen LogP contribution in [-0.4, -0.2) is 77.9 Å². The molecule has 8 nitrogen and oxygen atoms in total. The summed E-state index contributed by atoms with van der Waals surface area (Å²) in [6.45, 7) is 5.40. The Labute approximate surface area is 187 Å². The van der Waals surface area contributed by atoms with Gasteiger partial charge in [0.25, 0.3) is 0 Å². The zero-order valence-electron chi connectivity index (χ0n) is 18.7. The number of nitrogens with zero attached hydrogens (tertiary/aromatic N) is 6. The Morgan fingerprint density at radius 1 is 1.03 bits per heavy atom. The topological polar surface area (TPSA) is 71.3 Å². The van der Waals surface area contributed by atoms with Gasteiger partial charge < -0.3 is 24.4 Å². The van der Waals surface area contributed by atoms with Gasteiger partial charge in [0.15, 0.2) is 11.5 Å². The highest BCUT2D eigenvalue weighted by atomic mass is 16.5. The van der Waals surface area contributed by atoms with E-state index >= 15 is 0 Å². The van der Waals surface area contributed by atoms with E-state index in [1.54, 1.807) is 0 Å². The maximum absolute atomic E-state index is 5.49. The lowest BCUT2D eigenvalue weighted by molar-refractivity contribution is 0.122. The van der Waals surface area contributed by atoms with E-state index in [-0.39, 0.29) is 0 Å². The highest BCUT2D eigenvalue weighted by Gasteiger charge is 2.19. The van der Waals surface area contributed by atoms with Crippen LogP contribution >= 0.6 is 0 Å². The molecule has 1 saturated heterocycles. The van der Waals surface area contributed by atoms with Gasteiger partial charge >= 0.3 is 0 Å². The Kier molecular flexibility index (Phi) is 5.87. The molecule has 1 aliphatic rings. The summed E-state index contributed by atoms with van der Waals surface area (Å²) in [6, 6.07) is 15.0.